The third-order valence-electron chi connectivity index (χ3n) is 3.35. The zero-order chi connectivity index (χ0) is 18.6. The molecule has 1 aromatic heterocycles. The van der Waals surface area contributed by atoms with Crippen LogP contribution in [0.2, 0.25) is 0 Å². The van der Waals surface area contributed by atoms with Crippen molar-refractivity contribution in [2.45, 2.75) is 12.4 Å². The molecule has 1 aromatic carbocycles. The van der Waals surface area contributed by atoms with E-state index in [2.05, 4.69) is 16.2 Å². The number of rotatable bonds is 6. The number of carbonyl (C=O) groups is 1. The third kappa shape index (κ3) is 4.45. The van der Waals surface area contributed by atoms with E-state index in [0.29, 0.717) is 16.5 Å². The van der Waals surface area contributed by atoms with Crippen molar-refractivity contribution in [2.24, 2.45) is 0 Å². The van der Waals surface area contributed by atoms with Crippen LogP contribution in [0.3, 0.4) is 0 Å². The summed E-state index contributed by atoms with van der Waals surface area (Å²) < 4.78 is 41.4. The number of terminal acetylenes is 1. The lowest BCUT2D eigenvalue weighted by atomic mass is 10.1. The smallest absolute Gasteiger partial charge is 0.277 e. The minimum absolute atomic E-state index is 0.173. The van der Waals surface area contributed by atoms with Crippen LogP contribution >= 0.6 is 0 Å². The number of sulfone groups is 1. The fourth-order valence-corrected chi connectivity index (χ4v) is 3.02. The quantitative estimate of drug-likeness (QED) is 0.783. The Morgan fingerprint density at radius 1 is 1.44 bits per heavy atom. The number of hydrogen-bond acceptors (Lipinski definition) is 5. The van der Waals surface area contributed by atoms with Crippen molar-refractivity contribution < 1.29 is 22.3 Å². The van der Waals surface area contributed by atoms with Gasteiger partial charge in [0.25, 0.3) is 11.3 Å². The first-order valence-corrected chi connectivity index (χ1v) is 9.28. The summed E-state index contributed by atoms with van der Waals surface area (Å²) in [6, 6.07) is 4.84. The number of ether oxygens (including phenoxy) is 1. The molecule has 8 heteroatoms. The molecule has 1 atom stereocenters. The number of nitrogens with one attached hydrogen (secondary N) is 1. The van der Waals surface area contributed by atoms with Crippen LogP contribution in [0.4, 0.5) is 4.39 Å². The fourth-order valence-electron chi connectivity index (χ4n) is 2.26. The minimum Gasteiger partial charge on any atom is -0.464 e. The van der Waals surface area contributed by atoms with E-state index in [-0.39, 0.29) is 12.3 Å². The molecule has 1 amide bonds. The number of halogens is 1. The monoisotopic (exact) mass is 364 g/mol. The van der Waals surface area contributed by atoms with Gasteiger partial charge in [-0.3, -0.25) is 9.78 Å². The maximum Gasteiger partial charge on any atom is 0.277 e. The number of alkyl halides is 1. The second kappa shape index (κ2) is 7.49. The molecule has 1 heterocycles. The fraction of sp³-hybridized carbons (Fsp3) is 0.294. The Labute approximate surface area is 145 Å². The molecule has 25 heavy (non-hydrogen) atoms. The highest BCUT2D eigenvalue weighted by Crippen LogP contribution is 2.25. The lowest BCUT2D eigenvalue weighted by Gasteiger charge is -2.17. The van der Waals surface area contributed by atoms with Gasteiger partial charge < -0.3 is 10.1 Å². The van der Waals surface area contributed by atoms with Gasteiger partial charge in [-0.1, -0.05) is 5.92 Å². The van der Waals surface area contributed by atoms with E-state index < -0.39 is 27.9 Å². The predicted molar refractivity (Wildman–Crippen MR) is 92.7 cm³/mol. The summed E-state index contributed by atoms with van der Waals surface area (Å²) >= 11 is 0. The maximum atomic E-state index is 12.2. The summed E-state index contributed by atoms with van der Waals surface area (Å²) in [5.74, 6) is 1.72. The Morgan fingerprint density at radius 3 is 2.76 bits per heavy atom. The van der Waals surface area contributed by atoms with Crippen molar-refractivity contribution in [2.75, 3.05) is 19.5 Å². The van der Waals surface area contributed by atoms with E-state index in [1.807, 2.05) is 0 Å². The number of amides is 1. The van der Waals surface area contributed by atoms with Crippen LogP contribution < -0.4 is 10.1 Å². The maximum absolute atomic E-state index is 12.2. The Morgan fingerprint density at radius 2 is 2.16 bits per heavy atom. The van der Waals surface area contributed by atoms with Crippen molar-refractivity contribution >= 4 is 26.6 Å². The Kier molecular flexibility index (Phi) is 5.59. The van der Waals surface area contributed by atoms with Gasteiger partial charge in [0.05, 0.1) is 5.52 Å². The minimum atomic E-state index is -3.88. The standard InChI is InChI=1S/C17H17FN2O4S/c1-4-12-8-13-9-14(7-11(2)15(13)20-10-12)24-17(25(3,22)23)16(21)19-6-5-18/h1,7-10,17H,5-6H2,2-3H3,(H,19,21). The van der Waals surface area contributed by atoms with Crippen LogP contribution in [-0.2, 0) is 14.6 Å². The molecular formula is C17H17FN2O4S. The third-order valence-corrected chi connectivity index (χ3v) is 4.44. The molecule has 1 N–H and O–H groups in total. The molecule has 2 rings (SSSR count). The lowest BCUT2D eigenvalue weighted by Crippen LogP contribution is -2.43. The van der Waals surface area contributed by atoms with Gasteiger partial charge in [-0.05, 0) is 30.7 Å². The van der Waals surface area contributed by atoms with Gasteiger partial charge in [-0.2, -0.15) is 0 Å². The number of fused-ring (bicyclic) bond motifs is 1. The average molecular weight is 364 g/mol. The highest BCUT2D eigenvalue weighted by Gasteiger charge is 2.31. The summed E-state index contributed by atoms with van der Waals surface area (Å²) in [5, 5.41) is 2.83. The molecule has 0 saturated heterocycles. The van der Waals surface area contributed by atoms with Gasteiger partial charge >= 0.3 is 0 Å². The molecule has 0 radical (unpaired) electrons. The van der Waals surface area contributed by atoms with Crippen LogP contribution in [0, 0.1) is 19.3 Å². The Hall–Kier alpha value is -2.66. The number of pyridine rings is 1. The largest absolute Gasteiger partial charge is 0.464 e. The van der Waals surface area contributed by atoms with Crippen LogP contribution in [0.15, 0.2) is 24.4 Å². The SMILES string of the molecule is C#Cc1cnc2c(C)cc(OC(C(=O)NCCF)S(C)(=O)=O)cc2c1. The number of aryl methyl sites for hydroxylation is 1. The van der Waals surface area contributed by atoms with Gasteiger partial charge in [-0.25, -0.2) is 12.8 Å². The predicted octanol–water partition coefficient (Wildman–Crippen LogP) is 1.36. The van der Waals surface area contributed by atoms with Gasteiger partial charge in [0.2, 0.25) is 0 Å². The lowest BCUT2D eigenvalue weighted by molar-refractivity contribution is -0.124. The summed E-state index contributed by atoms with van der Waals surface area (Å²) in [6.45, 7) is 0.675. The van der Waals surface area contributed by atoms with Crippen molar-refractivity contribution in [3.05, 3.63) is 35.5 Å². The van der Waals surface area contributed by atoms with E-state index in [1.54, 1.807) is 31.3 Å². The molecule has 0 bridgehead atoms. The molecule has 0 aliphatic carbocycles. The molecular weight excluding hydrogens is 347 g/mol. The highest BCUT2D eigenvalue weighted by atomic mass is 32.2. The number of hydrogen-bond donors (Lipinski definition) is 1. The van der Waals surface area contributed by atoms with Gasteiger partial charge in [0.1, 0.15) is 12.4 Å². The molecule has 0 aliphatic rings. The second-order valence-electron chi connectivity index (χ2n) is 5.44. The van der Waals surface area contributed by atoms with E-state index in [0.717, 1.165) is 11.8 Å². The van der Waals surface area contributed by atoms with Crippen molar-refractivity contribution in [1.82, 2.24) is 10.3 Å². The van der Waals surface area contributed by atoms with Crippen LogP contribution in [0.1, 0.15) is 11.1 Å². The average Bonchev–Trinajstić information content (AvgIpc) is 2.56. The summed E-state index contributed by atoms with van der Waals surface area (Å²) in [5.41, 5.74) is 0.195. The molecule has 1 unspecified atom stereocenters. The van der Waals surface area contributed by atoms with E-state index >= 15 is 0 Å². The topological polar surface area (TPSA) is 85.4 Å². The first-order valence-electron chi connectivity index (χ1n) is 7.32. The van der Waals surface area contributed by atoms with E-state index in [1.165, 1.54) is 0 Å². The highest BCUT2D eigenvalue weighted by molar-refractivity contribution is 7.91. The van der Waals surface area contributed by atoms with Crippen LogP contribution in [0.5, 0.6) is 5.75 Å². The van der Waals surface area contributed by atoms with Crippen molar-refractivity contribution in [1.29, 1.82) is 0 Å². The molecule has 0 spiro atoms. The Balaban J connectivity index is 2.42. The second-order valence-corrected chi connectivity index (χ2v) is 7.53. The molecule has 0 fully saturated rings. The van der Waals surface area contributed by atoms with E-state index in [4.69, 9.17) is 11.2 Å². The van der Waals surface area contributed by atoms with Gasteiger partial charge in [-0.15, -0.1) is 6.42 Å². The number of benzene rings is 1. The molecule has 0 saturated carbocycles. The van der Waals surface area contributed by atoms with Crippen molar-refractivity contribution in [3.63, 3.8) is 0 Å². The summed E-state index contributed by atoms with van der Waals surface area (Å²) in [4.78, 5) is 16.2. The van der Waals surface area contributed by atoms with E-state index in [9.17, 15) is 17.6 Å². The Bertz CT molecular complexity index is 951. The molecule has 0 aliphatic heterocycles. The first kappa shape index (κ1) is 18.7. The van der Waals surface area contributed by atoms with Gasteiger partial charge in [0, 0.05) is 29.9 Å². The number of carbonyl (C=O) groups excluding carboxylic acids is 1. The van der Waals surface area contributed by atoms with Crippen LogP contribution in [-0.4, -0.2) is 44.2 Å². The first-order chi connectivity index (χ1) is 11.8. The number of nitrogens with zero attached hydrogens (tertiary/aromatic N) is 1. The molecule has 6 nitrogen and oxygen atoms in total. The van der Waals surface area contributed by atoms with Crippen molar-refractivity contribution in [3.8, 4) is 18.1 Å². The van der Waals surface area contributed by atoms with Gasteiger partial charge in [0.15, 0.2) is 9.84 Å². The zero-order valence-electron chi connectivity index (χ0n) is 13.7. The van der Waals surface area contributed by atoms with Crippen LogP contribution in [0.25, 0.3) is 10.9 Å². The molecule has 2 aromatic rings. The summed E-state index contributed by atoms with van der Waals surface area (Å²) in [7, 11) is -3.88. The zero-order valence-corrected chi connectivity index (χ0v) is 14.6. The normalized spacial score (nSPS) is 12.4. The summed E-state index contributed by atoms with van der Waals surface area (Å²) in [6.07, 6.45) is 7.79. The number of aromatic nitrogens is 1. The molecule has 132 valence electrons.